The van der Waals surface area contributed by atoms with Crippen LogP contribution < -0.4 is 4.41 Å². The second-order valence-electron chi connectivity index (χ2n) is 5.85. The molecular weight excluding hydrogens is 352 g/mol. The number of hydrazone groups is 1. The van der Waals surface area contributed by atoms with Crippen molar-refractivity contribution in [2.24, 2.45) is 5.10 Å². The molecule has 2 nitrogen and oxygen atoms in total. The van der Waals surface area contributed by atoms with Crippen molar-refractivity contribution in [3.63, 3.8) is 0 Å². The van der Waals surface area contributed by atoms with E-state index in [0.717, 1.165) is 6.42 Å². The Morgan fingerprint density at radius 3 is 2.50 bits per heavy atom. The van der Waals surface area contributed by atoms with Crippen LogP contribution >= 0.6 is 32.3 Å². The Morgan fingerprint density at radius 2 is 1.71 bits per heavy atom. The van der Waals surface area contributed by atoms with Crippen LogP contribution in [0.1, 0.15) is 19.3 Å². The number of anilines is 1. The number of allylic oxidation sites excluding steroid dienone is 1. The van der Waals surface area contributed by atoms with Gasteiger partial charge in [0.05, 0.1) is 20.5 Å². The third kappa shape index (κ3) is 2.46. The highest BCUT2D eigenvalue weighted by molar-refractivity contribution is 8.88. The molecule has 1 unspecified atom stereocenters. The molecule has 1 aliphatic carbocycles. The molecule has 0 bridgehead atoms. The first-order valence-corrected chi connectivity index (χ1v) is 11.4. The zero-order chi connectivity index (χ0) is 15.9. The van der Waals surface area contributed by atoms with Gasteiger partial charge in [-0.1, -0.05) is 48.2 Å². The van der Waals surface area contributed by atoms with Gasteiger partial charge < -0.3 is 0 Å². The molecule has 1 atom stereocenters. The van der Waals surface area contributed by atoms with Crippen molar-refractivity contribution < 1.29 is 0 Å². The van der Waals surface area contributed by atoms with E-state index in [-0.39, 0.29) is 9.70 Å². The second kappa shape index (κ2) is 6.14. The molecule has 2 aliphatic heterocycles. The molecule has 2 aromatic carbocycles. The first kappa shape index (κ1) is 14.9. The van der Waals surface area contributed by atoms with Crippen LogP contribution in [0.2, 0.25) is 0 Å². The van der Waals surface area contributed by atoms with Crippen molar-refractivity contribution in [2.75, 3.05) is 4.41 Å². The summed E-state index contributed by atoms with van der Waals surface area (Å²) in [5.74, 6) is 0. The van der Waals surface area contributed by atoms with Crippen molar-refractivity contribution >= 4 is 48.5 Å². The smallest absolute Gasteiger partial charge is 0.0777 e. The Morgan fingerprint density at radius 1 is 0.958 bits per heavy atom. The van der Waals surface area contributed by atoms with E-state index in [0.29, 0.717) is 0 Å². The van der Waals surface area contributed by atoms with Gasteiger partial charge in [0.2, 0.25) is 0 Å². The first-order chi connectivity index (χ1) is 11.9. The summed E-state index contributed by atoms with van der Waals surface area (Å²) >= 11 is 1.92. The molecule has 0 amide bonds. The Hall–Kier alpha value is -1.43. The van der Waals surface area contributed by atoms with E-state index in [2.05, 4.69) is 65.1 Å². The number of rotatable bonds is 3. The maximum Gasteiger partial charge on any atom is 0.0777 e. The summed E-state index contributed by atoms with van der Waals surface area (Å²) in [6.07, 6.45) is 3.54. The number of hydrogen-bond acceptors (Lipinski definition) is 4. The Kier molecular flexibility index (Phi) is 3.80. The molecule has 5 heteroatoms. The lowest BCUT2D eigenvalue weighted by Gasteiger charge is -2.18. The number of thioether (sulfide) groups is 1. The molecule has 2 heterocycles. The second-order valence-corrected chi connectivity index (χ2v) is 10.5. The highest BCUT2D eigenvalue weighted by Crippen LogP contribution is 2.60. The summed E-state index contributed by atoms with van der Waals surface area (Å²) < 4.78 is 3.73. The predicted octanol–water partition coefficient (Wildman–Crippen LogP) is 6.07. The number of benzene rings is 2. The normalized spacial score (nSPS) is 22.0. The fourth-order valence-corrected chi connectivity index (χ4v) is 9.58. The molecule has 0 radical (unpaired) electrons. The summed E-state index contributed by atoms with van der Waals surface area (Å²) in [4.78, 5) is 2.85. The van der Waals surface area contributed by atoms with Crippen LogP contribution in [0, 0.1) is 0 Å². The molecule has 1 saturated carbocycles. The maximum absolute atomic E-state index is 4.97. The van der Waals surface area contributed by atoms with Gasteiger partial charge in [0.25, 0.3) is 0 Å². The molecule has 0 spiro atoms. The molecule has 5 rings (SSSR count). The predicted molar refractivity (Wildman–Crippen MR) is 110 cm³/mol. The lowest BCUT2D eigenvalue weighted by atomic mass is 9.94. The van der Waals surface area contributed by atoms with E-state index < -0.39 is 0 Å². The molecule has 0 N–H and O–H groups in total. The fraction of sp³-hybridized carbons (Fsp3) is 0.158. The lowest BCUT2D eigenvalue weighted by Crippen LogP contribution is -2.18. The van der Waals surface area contributed by atoms with E-state index in [9.17, 15) is 0 Å². The maximum atomic E-state index is 4.97. The molecule has 0 saturated heterocycles. The number of hydrogen-bond donors (Lipinski definition) is 0. The van der Waals surface area contributed by atoms with Crippen LogP contribution in [-0.2, 0) is 0 Å². The zero-order valence-corrected chi connectivity index (χ0v) is 15.5. The van der Waals surface area contributed by atoms with Crippen LogP contribution in [0.25, 0.3) is 0 Å². The van der Waals surface area contributed by atoms with Crippen molar-refractivity contribution in [2.45, 2.75) is 24.2 Å². The molecule has 0 aromatic heterocycles. The molecule has 3 aliphatic rings. The summed E-state index contributed by atoms with van der Waals surface area (Å²) in [6, 6.07) is 21.3. The number of nitrogens with zero attached hydrogens (tertiary/aromatic N) is 2. The molecule has 120 valence electrons. The van der Waals surface area contributed by atoms with Gasteiger partial charge in [0, 0.05) is 14.6 Å². The first-order valence-electron chi connectivity index (χ1n) is 8.09. The molecular formula is C19H16N2S3. The van der Waals surface area contributed by atoms with Crippen molar-refractivity contribution in [1.82, 2.24) is 0 Å². The molecule has 2 aromatic rings. The Labute approximate surface area is 152 Å². The van der Waals surface area contributed by atoms with Crippen molar-refractivity contribution in [1.29, 1.82) is 0 Å². The third-order valence-electron chi connectivity index (χ3n) is 4.25. The summed E-state index contributed by atoms with van der Waals surface area (Å²) in [5, 5.41) is 4.97. The van der Waals surface area contributed by atoms with E-state index in [1.54, 1.807) is 5.57 Å². The van der Waals surface area contributed by atoms with Gasteiger partial charge in [-0.2, -0.15) is 5.10 Å². The largest absolute Gasteiger partial charge is 0.202 e. The van der Waals surface area contributed by atoms with Gasteiger partial charge in [0.15, 0.2) is 0 Å². The van der Waals surface area contributed by atoms with Gasteiger partial charge in [-0.25, -0.2) is 4.41 Å². The zero-order valence-electron chi connectivity index (χ0n) is 13.0. The Balaban J connectivity index is 1.52. The van der Waals surface area contributed by atoms with Gasteiger partial charge >= 0.3 is 0 Å². The van der Waals surface area contributed by atoms with E-state index >= 15 is 0 Å². The van der Waals surface area contributed by atoms with Gasteiger partial charge in [-0.3, -0.25) is 0 Å². The highest BCUT2D eigenvalue weighted by atomic mass is 33.1. The highest BCUT2D eigenvalue weighted by Gasteiger charge is 2.38. The fourth-order valence-electron chi connectivity index (χ4n) is 3.15. The van der Waals surface area contributed by atoms with Crippen LogP contribution in [0.15, 0.2) is 80.5 Å². The summed E-state index contributed by atoms with van der Waals surface area (Å²) in [7, 11) is 2.00. The number of para-hydroxylation sites is 1. The summed E-state index contributed by atoms with van der Waals surface area (Å²) in [6.45, 7) is 0. The minimum atomic E-state index is -0.00114. The summed E-state index contributed by atoms with van der Waals surface area (Å²) in [5.41, 5.74) is 4.08. The minimum Gasteiger partial charge on any atom is -0.202 e. The lowest BCUT2D eigenvalue weighted by molar-refractivity contribution is 0.865. The van der Waals surface area contributed by atoms with Crippen LogP contribution in [-0.4, -0.2) is 10.6 Å². The van der Waals surface area contributed by atoms with Crippen LogP contribution in [0.4, 0.5) is 5.69 Å². The Bertz CT molecular complexity index is 885. The molecule has 24 heavy (non-hydrogen) atoms. The average molecular weight is 369 g/mol. The quantitative estimate of drug-likeness (QED) is 0.483. The van der Waals surface area contributed by atoms with Gasteiger partial charge in [0.1, 0.15) is 0 Å². The van der Waals surface area contributed by atoms with Gasteiger partial charge in [-0.15, -0.1) is 0 Å². The topological polar surface area (TPSA) is 15.6 Å². The van der Waals surface area contributed by atoms with E-state index in [1.165, 1.54) is 38.2 Å². The average Bonchev–Trinajstić information content (AvgIpc) is 3.19. The monoisotopic (exact) mass is 368 g/mol. The van der Waals surface area contributed by atoms with Gasteiger partial charge in [-0.05, 0) is 59.9 Å². The van der Waals surface area contributed by atoms with E-state index in [1.807, 2.05) is 22.6 Å². The molecule has 1 fully saturated rings. The third-order valence-corrected chi connectivity index (χ3v) is 9.90. The SMILES string of the molecule is c1ccc(SC2=C3CCCC4=NN(c5ccccc5)S(=C43)S2)cc1. The van der Waals surface area contributed by atoms with Crippen molar-refractivity contribution in [3.05, 3.63) is 70.5 Å². The standard InChI is InChI=1S/C19H16N2S3/c1-3-8-14(9-4-1)21-20-17-13-7-12-16-18(17)24(21)23-19(16)22-15-10-5-2-6-11-15/h1-6,8-11H,7,12-13H2. The van der Waals surface area contributed by atoms with Crippen LogP contribution in [0.5, 0.6) is 0 Å². The van der Waals surface area contributed by atoms with Crippen molar-refractivity contribution in [3.8, 4) is 0 Å². The van der Waals surface area contributed by atoms with Crippen LogP contribution in [0.3, 0.4) is 0 Å². The van der Waals surface area contributed by atoms with E-state index in [4.69, 9.17) is 5.10 Å². The minimum absolute atomic E-state index is 0.00114.